The monoisotopic (exact) mass is 313 g/mol. The molecule has 0 bridgehead atoms. The number of carbonyl (C=O) groups excluding carboxylic acids is 1. The number of halogens is 1. The number of fused-ring (bicyclic) bond motifs is 1. The Morgan fingerprint density at radius 1 is 1.53 bits per heavy atom. The van der Waals surface area contributed by atoms with Crippen molar-refractivity contribution in [3.63, 3.8) is 0 Å². The maximum atomic E-state index is 11.6. The van der Waals surface area contributed by atoms with Crippen molar-refractivity contribution < 1.29 is 9.53 Å². The van der Waals surface area contributed by atoms with Gasteiger partial charge >= 0.3 is 5.97 Å². The molecule has 0 aliphatic carbocycles. The normalized spacial score (nSPS) is 18.1. The summed E-state index contributed by atoms with van der Waals surface area (Å²) in [6, 6.07) is 5.59. The van der Waals surface area contributed by atoms with Gasteiger partial charge in [-0.2, -0.15) is 11.8 Å². The van der Waals surface area contributed by atoms with Crippen LogP contribution in [0.25, 0.3) is 0 Å². The van der Waals surface area contributed by atoms with Gasteiger partial charge < -0.3 is 4.74 Å². The molecule has 17 heavy (non-hydrogen) atoms. The van der Waals surface area contributed by atoms with E-state index in [1.807, 2.05) is 25.3 Å². The van der Waals surface area contributed by atoms with Crippen molar-refractivity contribution in [2.75, 3.05) is 12.0 Å². The minimum Gasteiger partial charge on any atom is -0.403 e. The highest BCUT2D eigenvalue weighted by molar-refractivity contribution is 9.10. The van der Waals surface area contributed by atoms with Crippen LogP contribution < -0.4 is 0 Å². The summed E-state index contributed by atoms with van der Waals surface area (Å²) < 4.78 is 6.04. The lowest BCUT2D eigenvalue weighted by Crippen LogP contribution is -2.09. The molecule has 0 saturated carbocycles. The van der Waals surface area contributed by atoms with Crippen molar-refractivity contribution in [2.24, 2.45) is 4.99 Å². The molecule has 1 aliphatic rings. The summed E-state index contributed by atoms with van der Waals surface area (Å²) in [6.45, 7) is 2.01. The van der Waals surface area contributed by atoms with E-state index >= 15 is 0 Å². The van der Waals surface area contributed by atoms with E-state index in [4.69, 9.17) is 4.74 Å². The molecule has 2 rings (SSSR count). The van der Waals surface area contributed by atoms with Crippen LogP contribution in [-0.4, -0.2) is 29.9 Å². The Balaban J connectivity index is 2.39. The Kier molecular flexibility index (Phi) is 3.89. The molecule has 0 spiro atoms. The van der Waals surface area contributed by atoms with E-state index in [1.165, 1.54) is 0 Å². The number of aliphatic imine (C=N–C) groups is 1. The van der Waals surface area contributed by atoms with Gasteiger partial charge in [0.2, 0.25) is 5.90 Å². The second kappa shape index (κ2) is 5.23. The number of cyclic esters (lactones) is 1. The second-order valence-corrected chi connectivity index (χ2v) is 5.56. The minimum absolute atomic E-state index is 0.130. The Labute approximate surface area is 113 Å². The molecule has 3 nitrogen and oxygen atoms in total. The minimum atomic E-state index is -0.323. The fourth-order valence-corrected chi connectivity index (χ4v) is 2.77. The molecule has 0 aromatic heterocycles. The average Bonchev–Trinajstić information content (AvgIpc) is 2.57. The highest BCUT2D eigenvalue weighted by atomic mass is 79.9. The van der Waals surface area contributed by atoms with Gasteiger partial charge in [-0.05, 0) is 41.2 Å². The third kappa shape index (κ3) is 2.55. The van der Waals surface area contributed by atoms with Crippen molar-refractivity contribution in [2.45, 2.75) is 13.0 Å². The van der Waals surface area contributed by atoms with Crippen LogP contribution >= 0.6 is 27.7 Å². The quantitative estimate of drug-likeness (QED) is 0.805. The molecule has 0 fully saturated rings. The number of ether oxygens (including phenoxy) is 1. The van der Waals surface area contributed by atoms with Gasteiger partial charge in [-0.1, -0.05) is 6.07 Å². The van der Waals surface area contributed by atoms with Crippen molar-refractivity contribution in [3.05, 3.63) is 33.8 Å². The molecule has 1 aromatic carbocycles. The summed E-state index contributed by atoms with van der Waals surface area (Å²) in [7, 11) is 0. The first-order chi connectivity index (χ1) is 8.13. The summed E-state index contributed by atoms with van der Waals surface area (Å²) in [6.07, 6.45) is 2.03. The van der Waals surface area contributed by atoms with Gasteiger partial charge in [0, 0.05) is 10.2 Å². The molecule has 0 radical (unpaired) electrons. The summed E-state index contributed by atoms with van der Waals surface area (Å²) in [5, 5.41) is 0. The first-order valence-corrected chi connectivity index (χ1v) is 7.40. The van der Waals surface area contributed by atoms with Gasteiger partial charge in [0.25, 0.3) is 0 Å². The number of rotatable bonds is 3. The first kappa shape index (κ1) is 12.6. The number of esters is 1. The van der Waals surface area contributed by atoms with Gasteiger partial charge in [0.15, 0.2) is 0 Å². The zero-order valence-corrected chi connectivity index (χ0v) is 12.0. The third-order valence-electron chi connectivity index (χ3n) is 2.38. The first-order valence-electron chi connectivity index (χ1n) is 5.21. The second-order valence-electron chi connectivity index (χ2n) is 3.79. The van der Waals surface area contributed by atoms with Crippen LogP contribution in [0.1, 0.15) is 22.8 Å². The lowest BCUT2D eigenvalue weighted by molar-refractivity contribution is 0.0736. The van der Waals surface area contributed by atoms with Crippen LogP contribution in [0.5, 0.6) is 0 Å². The number of hydrogen-bond donors (Lipinski definition) is 0. The Hall–Kier alpha value is -0.810. The average molecular weight is 314 g/mol. The Morgan fingerprint density at radius 3 is 3.00 bits per heavy atom. The fraction of sp³-hybridized carbons (Fsp3) is 0.333. The molecule has 90 valence electrons. The topological polar surface area (TPSA) is 38.7 Å². The van der Waals surface area contributed by atoms with Crippen molar-refractivity contribution in [1.82, 2.24) is 0 Å². The predicted molar refractivity (Wildman–Crippen MR) is 73.9 cm³/mol. The lowest BCUT2D eigenvalue weighted by Gasteiger charge is -2.05. The van der Waals surface area contributed by atoms with E-state index in [0.29, 0.717) is 11.5 Å². The molecule has 0 amide bonds. The van der Waals surface area contributed by atoms with Crippen molar-refractivity contribution in [3.8, 4) is 0 Å². The van der Waals surface area contributed by atoms with E-state index in [0.717, 1.165) is 15.8 Å². The lowest BCUT2D eigenvalue weighted by atomic mass is 10.1. The molecule has 1 heterocycles. The van der Waals surface area contributed by atoms with Crippen LogP contribution in [0.15, 0.2) is 27.7 Å². The maximum absolute atomic E-state index is 11.6. The van der Waals surface area contributed by atoms with Crippen LogP contribution in [-0.2, 0) is 4.74 Å². The van der Waals surface area contributed by atoms with Crippen LogP contribution in [0.4, 0.5) is 0 Å². The number of nitrogens with zero attached hydrogens (tertiary/aromatic N) is 1. The molecule has 0 N–H and O–H groups in total. The van der Waals surface area contributed by atoms with Gasteiger partial charge in [-0.3, -0.25) is 0 Å². The number of thioether (sulfide) groups is 1. The van der Waals surface area contributed by atoms with Crippen molar-refractivity contribution in [1.29, 1.82) is 0 Å². The van der Waals surface area contributed by atoms with Crippen LogP contribution in [0.2, 0.25) is 0 Å². The largest absolute Gasteiger partial charge is 0.403 e. The molecule has 1 aromatic rings. The number of benzene rings is 1. The summed E-state index contributed by atoms with van der Waals surface area (Å²) >= 11 is 5.15. The highest BCUT2D eigenvalue weighted by Crippen LogP contribution is 2.28. The molecule has 5 heteroatoms. The predicted octanol–water partition coefficient (Wildman–Crippen LogP) is 3.12. The molecular formula is C12H12BrNO2S. The number of hydrogen-bond acceptors (Lipinski definition) is 4. The Bertz CT molecular complexity index is 487. The smallest absolute Gasteiger partial charge is 0.345 e. The summed E-state index contributed by atoms with van der Waals surface area (Å²) in [5.74, 6) is 1.01. The molecule has 0 saturated heterocycles. The van der Waals surface area contributed by atoms with E-state index < -0.39 is 0 Å². The zero-order valence-electron chi connectivity index (χ0n) is 9.57. The SMILES string of the molecule is CSCC(C)/N=C1/OC(=O)c2cccc(Br)c21. The van der Waals surface area contributed by atoms with Gasteiger partial charge in [0.1, 0.15) is 0 Å². The summed E-state index contributed by atoms with van der Waals surface area (Å²) in [4.78, 5) is 16.1. The standard InChI is InChI=1S/C12H12BrNO2S/c1-7(6-17-2)14-11-10-8(12(15)16-11)4-3-5-9(10)13/h3-5,7H,6H2,1-2H3/b14-11+. The summed E-state index contributed by atoms with van der Waals surface area (Å²) in [5.41, 5.74) is 1.35. The van der Waals surface area contributed by atoms with Crippen molar-refractivity contribution >= 4 is 39.6 Å². The molecular weight excluding hydrogens is 302 g/mol. The van der Waals surface area contributed by atoms with Gasteiger partial charge in [-0.25, -0.2) is 9.79 Å². The van der Waals surface area contributed by atoms with E-state index in [1.54, 1.807) is 17.8 Å². The van der Waals surface area contributed by atoms with E-state index in [9.17, 15) is 4.79 Å². The van der Waals surface area contributed by atoms with Gasteiger partial charge in [0.05, 0.1) is 17.2 Å². The zero-order chi connectivity index (χ0) is 12.4. The van der Waals surface area contributed by atoms with E-state index in [2.05, 4.69) is 20.9 Å². The van der Waals surface area contributed by atoms with Gasteiger partial charge in [-0.15, -0.1) is 0 Å². The number of carbonyl (C=O) groups is 1. The van der Waals surface area contributed by atoms with Crippen LogP contribution in [0, 0.1) is 0 Å². The molecule has 1 atom stereocenters. The third-order valence-corrected chi connectivity index (χ3v) is 3.86. The highest BCUT2D eigenvalue weighted by Gasteiger charge is 2.30. The van der Waals surface area contributed by atoms with E-state index in [-0.39, 0.29) is 12.0 Å². The molecule has 1 aliphatic heterocycles. The van der Waals surface area contributed by atoms with Crippen LogP contribution in [0.3, 0.4) is 0 Å². The Morgan fingerprint density at radius 2 is 2.29 bits per heavy atom. The fourth-order valence-electron chi connectivity index (χ4n) is 1.67. The molecule has 1 unspecified atom stereocenters. The maximum Gasteiger partial charge on any atom is 0.345 e.